The van der Waals surface area contributed by atoms with E-state index in [0.717, 1.165) is 10.5 Å². The van der Waals surface area contributed by atoms with Gasteiger partial charge in [0.1, 0.15) is 6.04 Å². The number of piperidine rings is 1. The molecule has 1 aromatic carbocycles. The lowest BCUT2D eigenvalue weighted by Crippen LogP contribution is -2.54. The molecule has 0 saturated carbocycles. The minimum absolute atomic E-state index is 0.0777. The zero-order valence-corrected chi connectivity index (χ0v) is 24.5. The maximum Gasteiger partial charge on any atom is 0.407 e. The van der Waals surface area contributed by atoms with E-state index in [1.807, 2.05) is 20.8 Å². The number of imide groups is 2. The molecule has 2 heterocycles. The molecule has 2 aliphatic heterocycles. The molecule has 1 aromatic rings. The van der Waals surface area contributed by atoms with Crippen molar-refractivity contribution in [1.82, 2.24) is 15.1 Å². The molecule has 0 spiro atoms. The molecule has 0 bridgehead atoms. The number of nitrogens with one attached hydrogen (secondary N) is 1. The van der Waals surface area contributed by atoms with Gasteiger partial charge in [-0.2, -0.15) is 0 Å². The predicted octanol–water partition coefficient (Wildman–Crippen LogP) is 1.87. The Labute approximate surface area is 245 Å². The summed E-state index contributed by atoms with van der Waals surface area (Å²) < 4.78 is 22.0. The molecular weight excluding hydrogens is 550 g/mol. The van der Waals surface area contributed by atoms with Gasteiger partial charge in [-0.15, -0.1) is 0 Å². The standard InChI is InChI=1S/C29H41N3O10/c1-29(2,3)31(28(37)38)11-13-40-15-17-42-19-18-41-16-14-39-12-5-7-20-6-4-8-21-24(20)27(36)32(26(21)35)22-9-10-23(33)30-25(22)34/h4,6,8,22H,5,7,9-19H2,1-3H3,(H,37,38)(H,30,33,34). The van der Waals surface area contributed by atoms with Crippen LogP contribution in [0.5, 0.6) is 0 Å². The number of ether oxygens (including phenoxy) is 4. The van der Waals surface area contributed by atoms with Crippen LogP contribution in [0.2, 0.25) is 0 Å². The van der Waals surface area contributed by atoms with E-state index in [1.165, 1.54) is 4.90 Å². The van der Waals surface area contributed by atoms with E-state index < -0.39 is 41.3 Å². The summed E-state index contributed by atoms with van der Waals surface area (Å²) in [5.74, 6) is -2.06. The molecule has 13 heteroatoms. The Balaban J connectivity index is 1.24. The van der Waals surface area contributed by atoms with Crippen molar-refractivity contribution >= 4 is 29.7 Å². The van der Waals surface area contributed by atoms with Crippen LogP contribution in [0.15, 0.2) is 18.2 Å². The molecule has 3 rings (SSSR count). The Bertz CT molecular complexity index is 1130. The second-order valence-electron chi connectivity index (χ2n) is 10.9. The third kappa shape index (κ3) is 9.05. The fraction of sp³-hybridized carbons (Fsp3) is 0.621. The first-order chi connectivity index (χ1) is 20.0. The summed E-state index contributed by atoms with van der Waals surface area (Å²) in [7, 11) is 0. The van der Waals surface area contributed by atoms with Gasteiger partial charge in [0.25, 0.3) is 11.8 Å². The monoisotopic (exact) mass is 591 g/mol. The zero-order chi connectivity index (χ0) is 30.7. The normalized spacial score (nSPS) is 17.0. The number of amides is 5. The van der Waals surface area contributed by atoms with Crippen LogP contribution in [-0.4, -0.2) is 116 Å². The first-order valence-electron chi connectivity index (χ1n) is 14.2. The lowest BCUT2D eigenvalue weighted by molar-refractivity contribution is -0.136. The Morgan fingerprint density at radius 2 is 1.52 bits per heavy atom. The summed E-state index contributed by atoms with van der Waals surface area (Å²) in [6.45, 7) is 8.85. The van der Waals surface area contributed by atoms with Crippen molar-refractivity contribution in [3.05, 3.63) is 34.9 Å². The van der Waals surface area contributed by atoms with Crippen molar-refractivity contribution in [3.8, 4) is 0 Å². The number of aryl methyl sites for hydroxylation is 1. The number of carbonyl (C=O) groups is 5. The van der Waals surface area contributed by atoms with Gasteiger partial charge in [0.2, 0.25) is 11.8 Å². The van der Waals surface area contributed by atoms with Crippen LogP contribution in [0, 0.1) is 0 Å². The van der Waals surface area contributed by atoms with Crippen molar-refractivity contribution in [2.45, 2.75) is 58.0 Å². The van der Waals surface area contributed by atoms with Crippen molar-refractivity contribution in [1.29, 1.82) is 0 Å². The molecule has 0 aliphatic carbocycles. The van der Waals surface area contributed by atoms with E-state index in [-0.39, 0.29) is 24.9 Å². The minimum Gasteiger partial charge on any atom is -0.465 e. The average Bonchev–Trinajstić information content (AvgIpc) is 3.17. The highest BCUT2D eigenvalue weighted by molar-refractivity contribution is 6.24. The van der Waals surface area contributed by atoms with Crippen LogP contribution in [0.1, 0.15) is 66.3 Å². The van der Waals surface area contributed by atoms with Crippen LogP contribution in [0.25, 0.3) is 0 Å². The quantitative estimate of drug-likeness (QED) is 0.202. The highest BCUT2D eigenvalue weighted by Gasteiger charge is 2.45. The molecule has 1 fully saturated rings. The third-order valence-corrected chi connectivity index (χ3v) is 6.91. The number of benzene rings is 1. The number of carboxylic acid groups (broad SMARTS) is 1. The number of nitrogens with zero attached hydrogens (tertiary/aromatic N) is 2. The van der Waals surface area contributed by atoms with E-state index in [1.54, 1.807) is 18.2 Å². The number of hydrogen-bond donors (Lipinski definition) is 2. The summed E-state index contributed by atoms with van der Waals surface area (Å²) in [6, 6.07) is 4.11. The van der Waals surface area contributed by atoms with Gasteiger partial charge >= 0.3 is 6.09 Å². The maximum absolute atomic E-state index is 13.1. The maximum atomic E-state index is 13.1. The zero-order valence-electron chi connectivity index (χ0n) is 24.5. The second-order valence-corrected chi connectivity index (χ2v) is 10.9. The van der Waals surface area contributed by atoms with Crippen molar-refractivity contribution < 1.29 is 48.0 Å². The van der Waals surface area contributed by atoms with E-state index in [2.05, 4.69) is 5.32 Å². The van der Waals surface area contributed by atoms with Gasteiger partial charge in [0.15, 0.2) is 0 Å². The predicted molar refractivity (Wildman–Crippen MR) is 149 cm³/mol. The van der Waals surface area contributed by atoms with Crippen LogP contribution in [0.3, 0.4) is 0 Å². The van der Waals surface area contributed by atoms with Gasteiger partial charge in [-0.1, -0.05) is 12.1 Å². The Morgan fingerprint density at radius 3 is 2.10 bits per heavy atom. The molecule has 13 nitrogen and oxygen atoms in total. The number of rotatable bonds is 17. The summed E-state index contributed by atoms with van der Waals surface area (Å²) in [5, 5.41) is 11.4. The minimum atomic E-state index is -0.986. The Morgan fingerprint density at radius 1 is 0.929 bits per heavy atom. The van der Waals surface area contributed by atoms with Crippen molar-refractivity contribution in [3.63, 3.8) is 0 Å². The van der Waals surface area contributed by atoms with E-state index >= 15 is 0 Å². The third-order valence-electron chi connectivity index (χ3n) is 6.91. The van der Waals surface area contributed by atoms with Crippen molar-refractivity contribution in [2.75, 3.05) is 59.4 Å². The fourth-order valence-corrected chi connectivity index (χ4v) is 4.79. The number of fused-ring (bicyclic) bond motifs is 1. The lowest BCUT2D eigenvalue weighted by atomic mass is 9.99. The van der Waals surface area contributed by atoms with Crippen LogP contribution < -0.4 is 5.32 Å². The first-order valence-corrected chi connectivity index (χ1v) is 14.2. The molecule has 232 valence electrons. The van der Waals surface area contributed by atoms with E-state index in [9.17, 15) is 29.1 Å². The van der Waals surface area contributed by atoms with E-state index in [0.29, 0.717) is 71.3 Å². The van der Waals surface area contributed by atoms with Gasteiger partial charge < -0.3 is 29.0 Å². The number of hydrogen-bond acceptors (Lipinski definition) is 9. The van der Waals surface area contributed by atoms with E-state index in [4.69, 9.17) is 18.9 Å². The van der Waals surface area contributed by atoms with Gasteiger partial charge in [-0.25, -0.2) is 4.79 Å². The van der Waals surface area contributed by atoms with Gasteiger partial charge in [-0.05, 0) is 51.7 Å². The molecule has 2 aliphatic rings. The largest absolute Gasteiger partial charge is 0.465 e. The molecule has 42 heavy (non-hydrogen) atoms. The van der Waals surface area contributed by atoms with Crippen molar-refractivity contribution in [2.24, 2.45) is 0 Å². The first kappa shape index (κ1) is 33.1. The molecule has 0 aromatic heterocycles. The summed E-state index contributed by atoms with van der Waals surface area (Å²) in [5.41, 5.74) is 0.819. The topological polar surface area (TPSA) is 161 Å². The Kier molecular flexibility index (Phi) is 12.4. The number of carbonyl (C=O) groups excluding carboxylic acids is 4. The van der Waals surface area contributed by atoms with Crippen LogP contribution >= 0.6 is 0 Å². The summed E-state index contributed by atoms with van der Waals surface area (Å²) in [4.78, 5) is 63.4. The molecule has 0 radical (unpaired) electrons. The fourth-order valence-electron chi connectivity index (χ4n) is 4.79. The molecule has 2 N–H and O–H groups in total. The van der Waals surface area contributed by atoms with Crippen LogP contribution in [0.4, 0.5) is 4.79 Å². The Hall–Kier alpha value is -3.39. The average molecular weight is 592 g/mol. The SMILES string of the molecule is CC(C)(C)N(CCOCCOCCOCCOCCCc1cccc2c1C(=O)N(C1CCC(=O)NC1=O)C2=O)C(=O)O. The second kappa shape index (κ2) is 15.7. The molecule has 5 amide bonds. The smallest absolute Gasteiger partial charge is 0.407 e. The van der Waals surface area contributed by atoms with Gasteiger partial charge in [0, 0.05) is 25.1 Å². The summed E-state index contributed by atoms with van der Waals surface area (Å²) in [6.07, 6.45) is 0.368. The highest BCUT2D eigenvalue weighted by atomic mass is 16.6. The lowest BCUT2D eigenvalue weighted by Gasteiger charge is -2.32. The molecular formula is C29H41N3O10. The molecule has 1 atom stereocenters. The van der Waals surface area contributed by atoms with Crippen LogP contribution in [-0.2, 0) is 35.0 Å². The van der Waals surface area contributed by atoms with Gasteiger partial charge in [-0.3, -0.25) is 29.4 Å². The molecule has 1 saturated heterocycles. The van der Waals surface area contributed by atoms with Gasteiger partial charge in [0.05, 0.1) is 57.4 Å². The summed E-state index contributed by atoms with van der Waals surface area (Å²) >= 11 is 0. The molecule has 1 unspecified atom stereocenters. The highest BCUT2D eigenvalue weighted by Crippen LogP contribution is 2.30.